The van der Waals surface area contributed by atoms with E-state index >= 15 is 0 Å². The number of benzene rings is 2. The van der Waals surface area contributed by atoms with Crippen LogP contribution >= 0.6 is 31.9 Å². The first-order valence-corrected chi connectivity index (χ1v) is 10.1. The zero-order valence-corrected chi connectivity index (χ0v) is 18.7. The molecule has 0 radical (unpaired) electrons. The Labute approximate surface area is 175 Å². The summed E-state index contributed by atoms with van der Waals surface area (Å²) in [6, 6.07) is 6.87. The van der Waals surface area contributed by atoms with Gasteiger partial charge in [0.25, 0.3) is 5.91 Å². The summed E-state index contributed by atoms with van der Waals surface area (Å²) in [6.07, 6.45) is 1.53. The van der Waals surface area contributed by atoms with Gasteiger partial charge in [-0.15, -0.1) is 0 Å². The molecule has 0 atom stereocenters. The van der Waals surface area contributed by atoms with E-state index in [4.69, 9.17) is 0 Å². The van der Waals surface area contributed by atoms with Crippen molar-refractivity contribution in [2.75, 3.05) is 0 Å². The van der Waals surface area contributed by atoms with Gasteiger partial charge in [0.15, 0.2) is 0 Å². The highest BCUT2D eigenvalue weighted by molar-refractivity contribution is 9.11. The molecule has 2 aromatic carbocycles. The number of nitrogens with zero attached hydrogens (tertiary/aromatic N) is 1. The van der Waals surface area contributed by atoms with Crippen LogP contribution in [0.1, 0.15) is 66.6 Å². The van der Waals surface area contributed by atoms with Gasteiger partial charge in [0, 0.05) is 4.47 Å². The Morgan fingerprint density at radius 2 is 1.56 bits per heavy atom. The Balaban J connectivity index is 2.27. The molecule has 0 saturated carbocycles. The molecule has 0 aliphatic carbocycles. The van der Waals surface area contributed by atoms with E-state index in [9.17, 15) is 15.0 Å². The van der Waals surface area contributed by atoms with Crippen molar-refractivity contribution >= 4 is 44.0 Å². The van der Waals surface area contributed by atoms with Crippen molar-refractivity contribution in [3.05, 3.63) is 55.5 Å². The molecule has 0 aliphatic heterocycles. The van der Waals surface area contributed by atoms with Crippen molar-refractivity contribution < 1.29 is 15.0 Å². The number of phenolic OH excluding ortho intramolecular Hbond substituents is 2. The van der Waals surface area contributed by atoms with E-state index in [-0.39, 0.29) is 23.1 Å². The second-order valence-electron chi connectivity index (χ2n) is 6.84. The van der Waals surface area contributed by atoms with Gasteiger partial charge < -0.3 is 10.2 Å². The largest absolute Gasteiger partial charge is 0.507 e. The maximum atomic E-state index is 12.3. The predicted octanol–water partition coefficient (Wildman–Crippen LogP) is 5.63. The molecule has 0 aromatic heterocycles. The molecule has 2 rings (SSSR count). The molecule has 0 spiro atoms. The normalized spacial score (nSPS) is 11.6. The second-order valence-corrected chi connectivity index (χ2v) is 8.61. The van der Waals surface area contributed by atoms with Crippen LogP contribution in [-0.4, -0.2) is 22.3 Å². The van der Waals surface area contributed by atoms with E-state index in [1.165, 1.54) is 12.3 Å². The van der Waals surface area contributed by atoms with Gasteiger partial charge in [-0.3, -0.25) is 4.79 Å². The van der Waals surface area contributed by atoms with E-state index in [2.05, 4.69) is 42.4 Å². The maximum Gasteiger partial charge on any atom is 0.275 e. The minimum absolute atomic E-state index is 0.102. The molecule has 0 fully saturated rings. The highest BCUT2D eigenvalue weighted by Gasteiger charge is 2.16. The lowest BCUT2D eigenvalue weighted by Crippen LogP contribution is -2.18. The fourth-order valence-corrected chi connectivity index (χ4v) is 3.85. The van der Waals surface area contributed by atoms with Gasteiger partial charge in [-0.05, 0) is 68.7 Å². The molecule has 3 N–H and O–H groups in total. The van der Waals surface area contributed by atoms with Gasteiger partial charge in [0.1, 0.15) is 11.5 Å². The van der Waals surface area contributed by atoms with Crippen molar-refractivity contribution in [1.29, 1.82) is 0 Å². The molecule has 144 valence electrons. The molecule has 27 heavy (non-hydrogen) atoms. The summed E-state index contributed by atoms with van der Waals surface area (Å²) >= 11 is 6.48. The van der Waals surface area contributed by atoms with E-state index in [1.54, 1.807) is 6.07 Å². The fourth-order valence-electron chi connectivity index (χ4n) is 2.62. The van der Waals surface area contributed by atoms with Crippen LogP contribution < -0.4 is 5.43 Å². The molecule has 0 unspecified atom stereocenters. The van der Waals surface area contributed by atoms with Crippen molar-refractivity contribution in [2.45, 2.75) is 39.5 Å². The molecule has 0 saturated heterocycles. The minimum atomic E-state index is -0.530. The summed E-state index contributed by atoms with van der Waals surface area (Å²) in [5.74, 6) is -0.0645. The number of hydrogen-bond donors (Lipinski definition) is 3. The summed E-state index contributed by atoms with van der Waals surface area (Å²) < 4.78 is 1.07. The highest BCUT2D eigenvalue weighted by atomic mass is 79.9. The molecular weight excluding hydrogens is 476 g/mol. The van der Waals surface area contributed by atoms with E-state index in [0.29, 0.717) is 14.7 Å². The number of amides is 1. The number of nitrogens with one attached hydrogen (secondary N) is 1. The van der Waals surface area contributed by atoms with Gasteiger partial charge in [0.2, 0.25) is 0 Å². The Kier molecular flexibility index (Phi) is 7.06. The zero-order chi connectivity index (χ0) is 20.3. The summed E-state index contributed by atoms with van der Waals surface area (Å²) in [4.78, 5) is 12.3. The lowest BCUT2D eigenvalue weighted by atomic mass is 9.92. The number of carbonyl (C=O) groups is 1. The van der Waals surface area contributed by atoms with Crippen LogP contribution in [0.5, 0.6) is 11.5 Å². The first kappa shape index (κ1) is 21.4. The highest BCUT2D eigenvalue weighted by Crippen LogP contribution is 2.34. The number of halogens is 2. The fraction of sp³-hybridized carbons (Fsp3) is 0.300. The van der Waals surface area contributed by atoms with Crippen LogP contribution in [0, 0.1) is 0 Å². The monoisotopic (exact) mass is 496 g/mol. The van der Waals surface area contributed by atoms with Crippen molar-refractivity contribution in [3.63, 3.8) is 0 Å². The zero-order valence-electron chi connectivity index (χ0n) is 15.5. The average Bonchev–Trinajstić information content (AvgIpc) is 2.58. The molecule has 0 heterocycles. The maximum absolute atomic E-state index is 12.3. The predicted molar refractivity (Wildman–Crippen MR) is 115 cm³/mol. The lowest BCUT2D eigenvalue weighted by molar-refractivity contribution is 0.0952. The Hall–Kier alpha value is -1.86. The third-order valence-corrected chi connectivity index (χ3v) is 5.15. The van der Waals surface area contributed by atoms with Gasteiger partial charge in [0.05, 0.1) is 16.3 Å². The quantitative estimate of drug-likeness (QED) is 0.369. The molecule has 7 heteroatoms. The van der Waals surface area contributed by atoms with Gasteiger partial charge in [-0.25, -0.2) is 5.43 Å². The van der Waals surface area contributed by atoms with Crippen LogP contribution in [0.2, 0.25) is 0 Å². The van der Waals surface area contributed by atoms with Gasteiger partial charge in [-0.2, -0.15) is 5.10 Å². The van der Waals surface area contributed by atoms with Crippen molar-refractivity contribution in [2.24, 2.45) is 5.10 Å². The van der Waals surface area contributed by atoms with Crippen molar-refractivity contribution in [3.8, 4) is 11.5 Å². The summed E-state index contributed by atoms with van der Waals surface area (Å²) in [5, 5.41) is 24.5. The van der Waals surface area contributed by atoms with E-state index < -0.39 is 5.91 Å². The smallest absolute Gasteiger partial charge is 0.275 e. The third-order valence-electron chi connectivity index (χ3n) is 4.09. The van der Waals surface area contributed by atoms with Crippen LogP contribution in [0.25, 0.3) is 0 Å². The second kappa shape index (κ2) is 8.89. The molecule has 5 nitrogen and oxygen atoms in total. The van der Waals surface area contributed by atoms with Crippen LogP contribution in [0.4, 0.5) is 0 Å². The van der Waals surface area contributed by atoms with Crippen LogP contribution in [0.3, 0.4) is 0 Å². The number of carbonyl (C=O) groups excluding carboxylic acids is 1. The first-order chi connectivity index (χ1) is 12.6. The summed E-state index contributed by atoms with van der Waals surface area (Å²) in [5.41, 5.74) is 4.97. The topological polar surface area (TPSA) is 81.9 Å². The first-order valence-electron chi connectivity index (χ1n) is 8.50. The molecule has 0 aliphatic rings. The van der Waals surface area contributed by atoms with E-state index in [0.717, 1.165) is 16.7 Å². The van der Waals surface area contributed by atoms with E-state index in [1.807, 2.05) is 39.8 Å². The number of rotatable bonds is 5. The Bertz CT molecular complexity index is 864. The standard InChI is InChI=1S/C20H22Br2N2O3/c1-10(2)14-5-12(6-15(11(3)4)18(14)25)9-23-24-20(27)16-7-13(21)8-17(22)19(16)26/h5-11,25-26H,1-4H3,(H,24,27)/b23-9-. The third kappa shape index (κ3) is 5.11. The molecular formula is C20H22Br2N2O3. The Morgan fingerprint density at radius 1 is 1.00 bits per heavy atom. The van der Waals surface area contributed by atoms with Gasteiger partial charge >= 0.3 is 0 Å². The lowest BCUT2D eigenvalue weighted by Gasteiger charge is -2.16. The minimum Gasteiger partial charge on any atom is -0.507 e. The van der Waals surface area contributed by atoms with Gasteiger partial charge in [-0.1, -0.05) is 43.6 Å². The summed E-state index contributed by atoms with van der Waals surface area (Å²) in [7, 11) is 0. The number of hydrazone groups is 1. The molecule has 2 aromatic rings. The molecule has 1 amide bonds. The average molecular weight is 498 g/mol. The summed E-state index contributed by atoms with van der Waals surface area (Å²) in [6.45, 7) is 8.04. The number of aromatic hydroxyl groups is 2. The molecule has 0 bridgehead atoms. The van der Waals surface area contributed by atoms with Crippen LogP contribution in [0.15, 0.2) is 38.3 Å². The Morgan fingerprint density at radius 3 is 2.07 bits per heavy atom. The van der Waals surface area contributed by atoms with Crippen molar-refractivity contribution in [1.82, 2.24) is 5.43 Å². The number of phenols is 2. The van der Waals surface area contributed by atoms with Crippen LogP contribution in [-0.2, 0) is 0 Å². The number of hydrogen-bond acceptors (Lipinski definition) is 4. The SMILES string of the molecule is CC(C)c1cc(/C=N\NC(=O)c2cc(Br)cc(Br)c2O)cc(C(C)C)c1O.